The lowest BCUT2D eigenvalue weighted by atomic mass is 10.1. The number of nitrogens with zero attached hydrogens (tertiary/aromatic N) is 2. The van der Waals surface area contributed by atoms with Gasteiger partial charge in [-0.15, -0.1) is 0 Å². The maximum absolute atomic E-state index is 12.5. The smallest absolute Gasteiger partial charge is 0.227 e. The zero-order chi connectivity index (χ0) is 16.4. The largest absolute Gasteiger partial charge is 0.375 e. The van der Waals surface area contributed by atoms with E-state index < -0.39 is 10.0 Å². The number of fused-ring (bicyclic) bond motifs is 1. The van der Waals surface area contributed by atoms with Crippen molar-refractivity contribution in [3.05, 3.63) is 35.9 Å². The van der Waals surface area contributed by atoms with E-state index in [0.717, 1.165) is 5.56 Å². The van der Waals surface area contributed by atoms with Gasteiger partial charge in [0.15, 0.2) is 0 Å². The molecule has 0 unspecified atom stereocenters. The normalized spacial score (nSPS) is 25.9. The van der Waals surface area contributed by atoms with Crippen molar-refractivity contribution in [1.29, 1.82) is 0 Å². The molecule has 0 aliphatic carbocycles. The first-order valence-corrected chi connectivity index (χ1v) is 9.67. The number of hydrogen-bond acceptors (Lipinski definition) is 4. The average Bonchev–Trinajstić information content (AvgIpc) is 2.79. The van der Waals surface area contributed by atoms with Crippen LogP contribution in [-0.4, -0.2) is 68.7 Å². The molecule has 7 heteroatoms. The molecule has 0 bridgehead atoms. The fraction of sp³-hybridized carbons (Fsp3) is 0.562. The topological polar surface area (TPSA) is 66.9 Å². The summed E-state index contributed by atoms with van der Waals surface area (Å²) in [5.74, 6) is 0.116. The SMILES string of the molecule is CS(=O)(=O)N1CCO[C@H]2CN(C(=O)Cc3ccccc3)C[C@H]2C1. The second kappa shape index (κ2) is 6.59. The Kier molecular flexibility index (Phi) is 4.70. The van der Waals surface area contributed by atoms with Gasteiger partial charge in [-0.3, -0.25) is 4.79 Å². The second-order valence-electron chi connectivity index (χ2n) is 6.25. The highest BCUT2D eigenvalue weighted by Crippen LogP contribution is 2.25. The van der Waals surface area contributed by atoms with Crippen LogP contribution in [0.5, 0.6) is 0 Å². The minimum atomic E-state index is -3.22. The molecule has 126 valence electrons. The molecule has 0 radical (unpaired) electrons. The highest BCUT2D eigenvalue weighted by Gasteiger charge is 2.39. The molecule has 2 heterocycles. The number of likely N-dealkylation sites (tertiary alicyclic amines) is 1. The number of carbonyl (C=O) groups excluding carboxylic acids is 1. The molecule has 2 atom stereocenters. The fourth-order valence-electron chi connectivity index (χ4n) is 3.25. The molecule has 2 saturated heterocycles. The summed E-state index contributed by atoms with van der Waals surface area (Å²) in [6.45, 7) is 2.31. The van der Waals surface area contributed by atoms with Crippen LogP contribution in [0.15, 0.2) is 30.3 Å². The van der Waals surface area contributed by atoms with Crippen molar-refractivity contribution in [3.8, 4) is 0 Å². The van der Waals surface area contributed by atoms with Gasteiger partial charge in [-0.2, -0.15) is 4.31 Å². The zero-order valence-corrected chi connectivity index (χ0v) is 14.0. The van der Waals surface area contributed by atoms with Gasteiger partial charge in [0.05, 0.1) is 25.4 Å². The number of rotatable bonds is 3. The first-order valence-electron chi connectivity index (χ1n) is 7.82. The average molecular weight is 338 g/mol. The molecule has 1 aromatic rings. The number of benzene rings is 1. The third-order valence-electron chi connectivity index (χ3n) is 4.51. The summed E-state index contributed by atoms with van der Waals surface area (Å²) in [4.78, 5) is 14.3. The van der Waals surface area contributed by atoms with Crippen LogP contribution in [0.3, 0.4) is 0 Å². The van der Waals surface area contributed by atoms with Gasteiger partial charge in [-0.1, -0.05) is 30.3 Å². The summed E-state index contributed by atoms with van der Waals surface area (Å²) in [6.07, 6.45) is 1.53. The van der Waals surface area contributed by atoms with E-state index in [1.807, 2.05) is 30.3 Å². The summed E-state index contributed by atoms with van der Waals surface area (Å²) in [5, 5.41) is 0. The number of amides is 1. The molecular formula is C16H22N2O4S. The van der Waals surface area contributed by atoms with Crippen LogP contribution >= 0.6 is 0 Å². The third kappa shape index (κ3) is 3.91. The molecule has 1 aromatic carbocycles. The molecule has 0 spiro atoms. The van der Waals surface area contributed by atoms with E-state index in [2.05, 4.69) is 0 Å². The van der Waals surface area contributed by atoms with Gasteiger partial charge in [0.25, 0.3) is 0 Å². The van der Waals surface area contributed by atoms with Gasteiger partial charge >= 0.3 is 0 Å². The first kappa shape index (κ1) is 16.4. The first-order chi connectivity index (χ1) is 10.9. The molecule has 23 heavy (non-hydrogen) atoms. The predicted octanol–water partition coefficient (Wildman–Crippen LogP) is 0.348. The third-order valence-corrected chi connectivity index (χ3v) is 5.78. The standard InChI is InChI=1S/C16H22N2O4S/c1-23(20,21)18-7-8-22-15-12-17(10-14(15)11-18)16(19)9-13-5-3-2-4-6-13/h2-6,14-15H,7-12H2,1H3/t14-,15-/m0/s1. The Morgan fingerprint density at radius 1 is 1.22 bits per heavy atom. The Labute approximate surface area is 137 Å². The summed E-state index contributed by atoms with van der Waals surface area (Å²) >= 11 is 0. The molecule has 2 aliphatic heterocycles. The molecule has 1 amide bonds. The molecule has 0 N–H and O–H groups in total. The van der Waals surface area contributed by atoms with E-state index in [0.29, 0.717) is 39.2 Å². The van der Waals surface area contributed by atoms with E-state index in [-0.39, 0.29) is 17.9 Å². The van der Waals surface area contributed by atoms with Crippen molar-refractivity contribution in [2.45, 2.75) is 12.5 Å². The Morgan fingerprint density at radius 2 is 1.96 bits per heavy atom. The molecule has 6 nitrogen and oxygen atoms in total. The van der Waals surface area contributed by atoms with Crippen LogP contribution in [-0.2, 0) is 26.0 Å². The Balaban J connectivity index is 1.64. The van der Waals surface area contributed by atoms with E-state index >= 15 is 0 Å². The second-order valence-corrected chi connectivity index (χ2v) is 8.23. The van der Waals surface area contributed by atoms with Gasteiger partial charge in [0.2, 0.25) is 15.9 Å². The minimum Gasteiger partial charge on any atom is -0.375 e. The number of hydrogen-bond donors (Lipinski definition) is 0. The summed E-state index contributed by atoms with van der Waals surface area (Å²) in [6, 6.07) is 9.64. The molecular weight excluding hydrogens is 316 g/mol. The van der Waals surface area contributed by atoms with Crippen molar-refractivity contribution in [2.24, 2.45) is 5.92 Å². The van der Waals surface area contributed by atoms with Crippen molar-refractivity contribution < 1.29 is 17.9 Å². The van der Waals surface area contributed by atoms with Crippen LogP contribution < -0.4 is 0 Å². The van der Waals surface area contributed by atoms with Gasteiger partial charge in [0, 0.05) is 32.1 Å². The molecule has 0 aromatic heterocycles. The van der Waals surface area contributed by atoms with Crippen LogP contribution in [0, 0.1) is 5.92 Å². The Morgan fingerprint density at radius 3 is 2.65 bits per heavy atom. The lowest BCUT2D eigenvalue weighted by Crippen LogP contribution is -2.37. The van der Waals surface area contributed by atoms with Gasteiger partial charge in [-0.25, -0.2) is 8.42 Å². The highest BCUT2D eigenvalue weighted by atomic mass is 32.2. The van der Waals surface area contributed by atoms with E-state index in [9.17, 15) is 13.2 Å². The number of carbonyl (C=O) groups is 1. The summed E-state index contributed by atoms with van der Waals surface area (Å²) in [5.41, 5.74) is 0.989. The van der Waals surface area contributed by atoms with Gasteiger partial charge in [0.1, 0.15) is 0 Å². The minimum absolute atomic E-state index is 0.0481. The highest BCUT2D eigenvalue weighted by molar-refractivity contribution is 7.88. The zero-order valence-electron chi connectivity index (χ0n) is 13.2. The maximum Gasteiger partial charge on any atom is 0.227 e. The number of sulfonamides is 1. The molecule has 2 aliphatic rings. The van der Waals surface area contributed by atoms with Crippen molar-refractivity contribution in [2.75, 3.05) is 39.0 Å². The van der Waals surface area contributed by atoms with Gasteiger partial charge < -0.3 is 9.64 Å². The van der Waals surface area contributed by atoms with E-state index in [1.165, 1.54) is 10.6 Å². The van der Waals surface area contributed by atoms with E-state index in [4.69, 9.17) is 4.74 Å². The van der Waals surface area contributed by atoms with Crippen LogP contribution in [0.4, 0.5) is 0 Å². The van der Waals surface area contributed by atoms with Crippen molar-refractivity contribution >= 4 is 15.9 Å². The quantitative estimate of drug-likeness (QED) is 0.797. The van der Waals surface area contributed by atoms with Crippen molar-refractivity contribution in [1.82, 2.24) is 9.21 Å². The molecule has 3 rings (SSSR count). The lowest BCUT2D eigenvalue weighted by Gasteiger charge is -2.21. The van der Waals surface area contributed by atoms with E-state index in [1.54, 1.807) is 4.90 Å². The summed E-state index contributed by atoms with van der Waals surface area (Å²) < 4.78 is 30.8. The fourth-order valence-corrected chi connectivity index (χ4v) is 4.12. The van der Waals surface area contributed by atoms with Crippen molar-refractivity contribution in [3.63, 3.8) is 0 Å². The Bertz CT molecular complexity index is 662. The summed E-state index contributed by atoms with van der Waals surface area (Å²) in [7, 11) is -3.22. The monoisotopic (exact) mass is 338 g/mol. The predicted molar refractivity (Wildman–Crippen MR) is 86.4 cm³/mol. The number of ether oxygens (including phenoxy) is 1. The van der Waals surface area contributed by atoms with Gasteiger partial charge in [-0.05, 0) is 5.56 Å². The molecule has 0 saturated carbocycles. The lowest BCUT2D eigenvalue weighted by molar-refractivity contribution is -0.130. The molecule has 2 fully saturated rings. The van der Waals surface area contributed by atoms with Crippen LogP contribution in [0.25, 0.3) is 0 Å². The van der Waals surface area contributed by atoms with Crippen LogP contribution in [0.1, 0.15) is 5.56 Å². The maximum atomic E-state index is 12.5. The Hall–Kier alpha value is -1.44. The van der Waals surface area contributed by atoms with Crippen LogP contribution in [0.2, 0.25) is 0 Å².